The summed E-state index contributed by atoms with van der Waals surface area (Å²) in [6.45, 7) is 8.70. The zero-order valence-corrected chi connectivity index (χ0v) is 24.4. The Balaban J connectivity index is 1.41. The van der Waals surface area contributed by atoms with Crippen molar-refractivity contribution in [1.82, 2.24) is 5.32 Å². The minimum atomic E-state index is -1.06. The van der Waals surface area contributed by atoms with Crippen molar-refractivity contribution < 1.29 is 19.4 Å². The normalized spacial score (nSPS) is 13.8. The summed E-state index contributed by atoms with van der Waals surface area (Å²) < 4.78 is 5.52. The highest BCUT2D eigenvalue weighted by Gasteiger charge is 2.29. The van der Waals surface area contributed by atoms with Crippen LogP contribution in [0.5, 0.6) is 0 Å². The van der Waals surface area contributed by atoms with Gasteiger partial charge >= 0.3 is 12.1 Å². The van der Waals surface area contributed by atoms with Gasteiger partial charge in [-0.1, -0.05) is 83.5 Å². The van der Waals surface area contributed by atoms with Gasteiger partial charge < -0.3 is 15.2 Å². The molecule has 1 amide bonds. The van der Waals surface area contributed by atoms with E-state index in [1.165, 1.54) is 28.5 Å². The zero-order chi connectivity index (χ0) is 28.2. The predicted octanol–water partition coefficient (Wildman–Crippen LogP) is 8.13. The van der Waals surface area contributed by atoms with Gasteiger partial charge in [0, 0.05) is 17.4 Å². The molecular weight excluding hydrogens is 506 g/mol. The van der Waals surface area contributed by atoms with E-state index in [9.17, 15) is 14.7 Å². The molecule has 5 nitrogen and oxygen atoms in total. The van der Waals surface area contributed by atoms with Crippen LogP contribution in [0.3, 0.4) is 0 Å². The van der Waals surface area contributed by atoms with Gasteiger partial charge in [0.25, 0.3) is 0 Å². The molecule has 0 aliphatic heterocycles. The first-order valence-corrected chi connectivity index (χ1v) is 14.8. The Morgan fingerprint density at radius 2 is 1.46 bits per heavy atom. The maximum Gasteiger partial charge on any atom is 0.407 e. The molecule has 3 rings (SSSR count). The second-order valence-electron chi connectivity index (χ2n) is 10.4. The van der Waals surface area contributed by atoms with E-state index in [-0.39, 0.29) is 18.3 Å². The quantitative estimate of drug-likeness (QED) is 0.184. The smallest absolute Gasteiger partial charge is 0.407 e. The molecule has 0 fully saturated rings. The van der Waals surface area contributed by atoms with Gasteiger partial charge in [-0.25, -0.2) is 9.59 Å². The van der Waals surface area contributed by atoms with Crippen LogP contribution in [-0.4, -0.2) is 41.3 Å². The highest BCUT2D eigenvalue weighted by Crippen LogP contribution is 2.44. The van der Waals surface area contributed by atoms with Crippen molar-refractivity contribution in [2.45, 2.75) is 65.3 Å². The van der Waals surface area contributed by atoms with Crippen molar-refractivity contribution in [3.8, 4) is 11.1 Å². The van der Waals surface area contributed by atoms with Gasteiger partial charge in [0.15, 0.2) is 0 Å². The maximum absolute atomic E-state index is 12.5. The number of carbonyl (C=O) groups is 2. The van der Waals surface area contributed by atoms with Crippen molar-refractivity contribution >= 4 is 23.8 Å². The van der Waals surface area contributed by atoms with E-state index in [1.807, 2.05) is 24.3 Å². The summed E-state index contributed by atoms with van der Waals surface area (Å²) >= 11 is 1.49. The molecule has 0 aromatic heterocycles. The van der Waals surface area contributed by atoms with Gasteiger partial charge in [-0.15, -0.1) is 0 Å². The number of fused-ring (bicyclic) bond motifs is 3. The van der Waals surface area contributed by atoms with Crippen molar-refractivity contribution in [3.05, 3.63) is 94.6 Å². The topological polar surface area (TPSA) is 75.6 Å². The lowest BCUT2D eigenvalue weighted by Crippen LogP contribution is -2.43. The number of carboxylic acids is 1. The SMILES string of the molecule is CC(C)=CCC/C(C)=C/CC/C(C)=C/CSCC(NC(=O)OCC1c2ccccc2-c2ccccc21)C(=O)O. The number of hydrogen-bond acceptors (Lipinski definition) is 4. The third-order valence-electron chi connectivity index (χ3n) is 6.89. The van der Waals surface area contributed by atoms with Crippen molar-refractivity contribution in [2.24, 2.45) is 0 Å². The summed E-state index contributed by atoms with van der Waals surface area (Å²) in [5.41, 5.74) is 8.59. The van der Waals surface area contributed by atoms with E-state index in [0.29, 0.717) is 5.75 Å². The van der Waals surface area contributed by atoms with Gasteiger partial charge in [-0.2, -0.15) is 11.8 Å². The molecule has 0 bridgehead atoms. The minimum Gasteiger partial charge on any atom is -0.480 e. The fraction of sp³-hybridized carbons (Fsp3) is 0.394. The Labute approximate surface area is 237 Å². The van der Waals surface area contributed by atoms with Crippen LogP contribution in [-0.2, 0) is 9.53 Å². The molecule has 0 saturated carbocycles. The molecule has 0 spiro atoms. The number of aliphatic carboxylic acids is 1. The maximum atomic E-state index is 12.5. The van der Waals surface area contributed by atoms with E-state index in [1.54, 1.807) is 0 Å². The molecule has 39 heavy (non-hydrogen) atoms. The molecule has 208 valence electrons. The van der Waals surface area contributed by atoms with Crippen molar-refractivity contribution in [3.63, 3.8) is 0 Å². The lowest BCUT2D eigenvalue weighted by molar-refractivity contribution is -0.138. The minimum absolute atomic E-state index is 0.0649. The highest BCUT2D eigenvalue weighted by molar-refractivity contribution is 7.99. The summed E-state index contributed by atoms with van der Waals surface area (Å²) in [6, 6.07) is 15.2. The zero-order valence-electron chi connectivity index (χ0n) is 23.5. The molecule has 2 aromatic carbocycles. The number of alkyl carbamates (subject to hydrolysis) is 1. The van der Waals surface area contributed by atoms with Crippen LogP contribution in [0.15, 0.2) is 83.5 Å². The molecule has 6 heteroatoms. The highest BCUT2D eigenvalue weighted by atomic mass is 32.2. The number of ether oxygens (including phenoxy) is 1. The van der Waals surface area contributed by atoms with Crippen molar-refractivity contribution in [2.75, 3.05) is 18.1 Å². The molecule has 0 radical (unpaired) electrons. The third-order valence-corrected chi connectivity index (χ3v) is 7.86. The number of carboxylic acid groups (broad SMARTS) is 1. The van der Waals surface area contributed by atoms with Crippen LogP contribution < -0.4 is 5.32 Å². The Kier molecular flexibility index (Phi) is 11.9. The Hall–Kier alpha value is -3.25. The van der Waals surface area contributed by atoms with Gasteiger partial charge in [-0.05, 0) is 75.6 Å². The van der Waals surface area contributed by atoms with Crippen LogP contribution in [0.1, 0.15) is 70.4 Å². The van der Waals surface area contributed by atoms with E-state index >= 15 is 0 Å². The van der Waals surface area contributed by atoms with E-state index < -0.39 is 18.1 Å². The number of nitrogens with one attached hydrogen (secondary N) is 1. The third kappa shape index (κ3) is 9.47. The lowest BCUT2D eigenvalue weighted by atomic mass is 9.98. The second-order valence-corrected chi connectivity index (χ2v) is 11.4. The molecule has 1 aliphatic rings. The number of hydrogen-bond donors (Lipinski definition) is 2. The number of rotatable bonds is 14. The van der Waals surface area contributed by atoms with Gasteiger partial charge in [0.2, 0.25) is 0 Å². The molecule has 1 aliphatic carbocycles. The number of amides is 1. The van der Waals surface area contributed by atoms with Crippen LogP contribution in [0.2, 0.25) is 0 Å². The average Bonchev–Trinajstić information content (AvgIpc) is 3.22. The first kappa shape index (κ1) is 30.3. The molecule has 2 N–H and O–H groups in total. The van der Waals surface area contributed by atoms with Crippen LogP contribution in [0, 0.1) is 0 Å². The molecular formula is C33H41NO4S. The fourth-order valence-electron chi connectivity index (χ4n) is 4.68. The first-order chi connectivity index (χ1) is 18.8. The summed E-state index contributed by atoms with van der Waals surface area (Å²) in [4.78, 5) is 24.3. The average molecular weight is 548 g/mol. The van der Waals surface area contributed by atoms with Crippen LogP contribution in [0.4, 0.5) is 4.79 Å². The molecule has 0 heterocycles. The van der Waals surface area contributed by atoms with Gasteiger partial charge in [0.05, 0.1) is 0 Å². The number of carbonyl (C=O) groups excluding carboxylic acids is 1. The molecule has 2 aromatic rings. The van der Waals surface area contributed by atoms with Crippen LogP contribution in [0.25, 0.3) is 11.1 Å². The Morgan fingerprint density at radius 3 is 2.05 bits per heavy atom. The summed E-state index contributed by atoms with van der Waals surface area (Å²) in [5, 5.41) is 12.2. The predicted molar refractivity (Wildman–Crippen MR) is 162 cm³/mol. The summed E-state index contributed by atoms with van der Waals surface area (Å²) in [6.07, 6.45) is 10.2. The summed E-state index contributed by atoms with van der Waals surface area (Å²) in [5.74, 6) is -0.159. The molecule has 1 atom stereocenters. The van der Waals surface area contributed by atoms with E-state index in [2.05, 4.69) is 75.5 Å². The first-order valence-electron chi connectivity index (χ1n) is 13.6. The fourth-order valence-corrected chi connectivity index (χ4v) is 5.68. The number of benzene rings is 2. The second kappa shape index (κ2) is 15.4. The van der Waals surface area contributed by atoms with Gasteiger partial charge in [-0.3, -0.25) is 0 Å². The van der Waals surface area contributed by atoms with Gasteiger partial charge in [0.1, 0.15) is 12.6 Å². The van der Waals surface area contributed by atoms with Crippen LogP contribution >= 0.6 is 11.8 Å². The standard InChI is InChI=1S/C33H41NO4S/c1-23(2)11-9-12-24(3)13-10-14-25(4)19-20-39-22-31(32(35)36)34-33(37)38-21-30-28-17-7-5-15-26(28)27-16-6-8-18-29(27)30/h5-8,11,13,15-19,30-31H,9-10,12,14,20-22H2,1-4H3,(H,34,37)(H,35,36)/b24-13+,25-19+. The van der Waals surface area contributed by atoms with E-state index in [0.717, 1.165) is 47.9 Å². The lowest BCUT2D eigenvalue weighted by Gasteiger charge is -2.17. The number of allylic oxidation sites excluding steroid dienone is 5. The Morgan fingerprint density at radius 1 is 0.897 bits per heavy atom. The summed E-state index contributed by atoms with van der Waals surface area (Å²) in [7, 11) is 0. The molecule has 0 saturated heterocycles. The monoisotopic (exact) mass is 547 g/mol. The Bertz CT molecular complexity index is 1180. The van der Waals surface area contributed by atoms with E-state index in [4.69, 9.17) is 4.74 Å². The number of thioether (sulfide) groups is 1. The largest absolute Gasteiger partial charge is 0.480 e. The van der Waals surface area contributed by atoms with Crippen molar-refractivity contribution in [1.29, 1.82) is 0 Å². The molecule has 1 unspecified atom stereocenters.